The normalized spacial score (nSPS) is 12.1. The van der Waals surface area contributed by atoms with E-state index in [-0.39, 0.29) is 5.41 Å². The fourth-order valence-electron chi connectivity index (χ4n) is 6.83. The van der Waals surface area contributed by atoms with E-state index >= 15 is 0 Å². The minimum atomic E-state index is 0.155. The van der Waals surface area contributed by atoms with Crippen LogP contribution in [0.25, 0.3) is 54.9 Å². The lowest BCUT2D eigenvalue weighted by atomic mass is 9.77. The molecule has 0 saturated heterocycles. The molecule has 0 saturated carbocycles. The van der Waals surface area contributed by atoms with E-state index in [2.05, 4.69) is 173 Å². The predicted molar refractivity (Wildman–Crippen MR) is 194 cm³/mol. The zero-order valence-electron chi connectivity index (χ0n) is 26.6. The van der Waals surface area contributed by atoms with E-state index in [9.17, 15) is 0 Å². The third-order valence-corrected chi connectivity index (χ3v) is 9.51. The molecule has 0 N–H and O–H groups in total. The lowest BCUT2D eigenvalue weighted by Crippen LogP contribution is -2.11. The van der Waals surface area contributed by atoms with E-state index in [0.29, 0.717) is 0 Å². The molecule has 0 fully saturated rings. The molecule has 0 radical (unpaired) electrons. The monoisotopic (exact) mass is 579 g/mol. The topological polar surface area (TPSA) is 3.24 Å². The molecule has 0 amide bonds. The van der Waals surface area contributed by atoms with Gasteiger partial charge in [0.05, 0.1) is 0 Å². The van der Waals surface area contributed by atoms with Crippen molar-refractivity contribution in [2.24, 2.45) is 0 Å². The van der Waals surface area contributed by atoms with E-state index in [1.165, 1.54) is 88.7 Å². The van der Waals surface area contributed by atoms with Crippen molar-refractivity contribution >= 4 is 38.6 Å². The van der Waals surface area contributed by atoms with Crippen molar-refractivity contribution in [3.8, 4) is 33.4 Å². The minimum absolute atomic E-state index is 0.155. The van der Waals surface area contributed by atoms with Crippen LogP contribution in [0, 0.1) is 13.8 Å². The van der Waals surface area contributed by atoms with Crippen LogP contribution in [0.3, 0.4) is 0 Å². The molecule has 1 heteroatoms. The molecule has 7 aromatic rings. The highest BCUT2D eigenvalue weighted by Gasteiger charge is 2.24. The van der Waals surface area contributed by atoms with E-state index in [1.54, 1.807) is 0 Å². The van der Waals surface area contributed by atoms with Gasteiger partial charge < -0.3 is 4.90 Å². The highest BCUT2D eigenvalue weighted by molar-refractivity contribution is 6.12. The molecule has 1 aliphatic rings. The lowest BCUT2D eigenvalue weighted by Gasteiger charge is -2.28. The Balaban J connectivity index is 1.19. The summed E-state index contributed by atoms with van der Waals surface area (Å²) < 4.78 is 0. The number of rotatable bonds is 4. The van der Waals surface area contributed by atoms with Gasteiger partial charge in [0, 0.05) is 17.1 Å². The second-order valence-corrected chi connectivity index (χ2v) is 13.7. The van der Waals surface area contributed by atoms with E-state index in [0.717, 1.165) is 0 Å². The lowest BCUT2D eigenvalue weighted by molar-refractivity contribution is 0.590. The number of hydrogen-bond acceptors (Lipinski definition) is 1. The highest BCUT2D eigenvalue weighted by atomic mass is 15.1. The Morgan fingerprint density at radius 2 is 0.978 bits per heavy atom. The standard InChI is InChI=1S/C44H37N/c1-28-10-19-37(20-11-28)45(43-9-7-6-8-29(43)2)38-21-16-33-25-40-39-24-32-13-12-31(30-14-17-36(18-15-30)44(3,4)5)22-34(32)26-41(39)42(40)27-35(33)23-38/h6-27H,1-5H3. The van der Waals surface area contributed by atoms with Crippen LogP contribution >= 0.6 is 0 Å². The Bertz CT molecular complexity index is 2250. The highest BCUT2D eigenvalue weighted by Crippen LogP contribution is 2.51. The average molecular weight is 580 g/mol. The predicted octanol–water partition coefficient (Wildman–Crippen LogP) is 12.7. The number of nitrogens with zero attached hydrogens (tertiary/aromatic N) is 1. The Morgan fingerprint density at radius 1 is 0.444 bits per heavy atom. The van der Waals surface area contributed by atoms with Crippen molar-refractivity contribution < 1.29 is 0 Å². The molecule has 1 nitrogen and oxygen atoms in total. The minimum Gasteiger partial charge on any atom is -0.310 e. The van der Waals surface area contributed by atoms with Crippen molar-refractivity contribution in [3.05, 3.63) is 150 Å². The number of fused-ring (bicyclic) bond motifs is 6. The summed E-state index contributed by atoms with van der Waals surface area (Å²) in [6, 6.07) is 49.8. The molecular formula is C44H37N. The van der Waals surface area contributed by atoms with Gasteiger partial charge in [-0.1, -0.05) is 99.1 Å². The van der Waals surface area contributed by atoms with Gasteiger partial charge in [0.25, 0.3) is 0 Å². The molecule has 0 spiro atoms. The van der Waals surface area contributed by atoms with Gasteiger partial charge in [-0.25, -0.2) is 0 Å². The summed E-state index contributed by atoms with van der Waals surface area (Å²) in [5, 5.41) is 5.11. The molecule has 1 aliphatic carbocycles. The van der Waals surface area contributed by atoms with Crippen molar-refractivity contribution in [3.63, 3.8) is 0 Å². The van der Waals surface area contributed by atoms with Crippen molar-refractivity contribution in [1.29, 1.82) is 0 Å². The first kappa shape index (κ1) is 27.4. The number of benzene rings is 7. The molecule has 0 atom stereocenters. The van der Waals surface area contributed by atoms with Gasteiger partial charge in [-0.05, 0) is 146 Å². The molecule has 0 heterocycles. The van der Waals surface area contributed by atoms with Crippen LogP contribution in [0.5, 0.6) is 0 Å². The zero-order valence-corrected chi connectivity index (χ0v) is 26.6. The first-order valence-electron chi connectivity index (χ1n) is 15.9. The average Bonchev–Trinajstić information content (AvgIpc) is 3.04. The number of para-hydroxylation sites is 1. The van der Waals surface area contributed by atoms with Gasteiger partial charge in [-0.3, -0.25) is 0 Å². The van der Waals surface area contributed by atoms with Crippen LogP contribution in [0.15, 0.2) is 133 Å². The molecule has 0 bridgehead atoms. The third kappa shape index (κ3) is 4.71. The quantitative estimate of drug-likeness (QED) is 0.200. The van der Waals surface area contributed by atoms with Gasteiger partial charge in [-0.15, -0.1) is 0 Å². The van der Waals surface area contributed by atoms with E-state index in [4.69, 9.17) is 0 Å². The smallest absolute Gasteiger partial charge is 0.0490 e. The molecular weight excluding hydrogens is 542 g/mol. The fourth-order valence-corrected chi connectivity index (χ4v) is 6.83. The summed E-state index contributed by atoms with van der Waals surface area (Å²) in [7, 11) is 0. The van der Waals surface area contributed by atoms with E-state index < -0.39 is 0 Å². The Hall–Kier alpha value is -5.14. The van der Waals surface area contributed by atoms with Crippen LogP contribution in [0.4, 0.5) is 17.1 Å². The molecule has 0 unspecified atom stereocenters. The first-order chi connectivity index (χ1) is 21.7. The number of hydrogen-bond donors (Lipinski definition) is 0. The van der Waals surface area contributed by atoms with E-state index in [1.807, 2.05) is 0 Å². The van der Waals surface area contributed by atoms with Crippen molar-refractivity contribution in [1.82, 2.24) is 0 Å². The van der Waals surface area contributed by atoms with Gasteiger partial charge in [-0.2, -0.15) is 0 Å². The fraction of sp³-hybridized carbons (Fsp3) is 0.136. The van der Waals surface area contributed by atoms with Crippen LogP contribution in [0.2, 0.25) is 0 Å². The number of anilines is 3. The van der Waals surface area contributed by atoms with Gasteiger partial charge in [0.15, 0.2) is 0 Å². The number of aryl methyl sites for hydroxylation is 2. The summed E-state index contributed by atoms with van der Waals surface area (Å²) in [4.78, 5) is 2.38. The maximum Gasteiger partial charge on any atom is 0.0490 e. The second-order valence-electron chi connectivity index (χ2n) is 13.7. The summed E-state index contributed by atoms with van der Waals surface area (Å²) in [6.45, 7) is 11.1. The van der Waals surface area contributed by atoms with Gasteiger partial charge in [0.1, 0.15) is 0 Å². The largest absolute Gasteiger partial charge is 0.310 e. The Kier molecular flexibility index (Phi) is 6.22. The van der Waals surface area contributed by atoms with Crippen LogP contribution in [-0.4, -0.2) is 0 Å². The third-order valence-electron chi connectivity index (χ3n) is 9.51. The molecule has 8 rings (SSSR count). The molecule has 45 heavy (non-hydrogen) atoms. The summed E-state index contributed by atoms with van der Waals surface area (Å²) in [5.41, 5.74) is 15.5. The molecule has 218 valence electrons. The second kappa shape index (κ2) is 10.2. The zero-order chi connectivity index (χ0) is 30.9. The maximum atomic E-state index is 2.39. The maximum absolute atomic E-state index is 2.39. The molecule has 0 aromatic heterocycles. The van der Waals surface area contributed by atoms with Crippen molar-refractivity contribution in [2.45, 2.75) is 40.0 Å². The summed E-state index contributed by atoms with van der Waals surface area (Å²) in [6.07, 6.45) is 0. The SMILES string of the molecule is Cc1ccc(N(c2ccc3cc4c(cc3c2)-c2cc3cc(-c5ccc(C(C)(C)C)cc5)ccc3cc2-4)c2ccccc2C)cc1. The Morgan fingerprint density at radius 3 is 1.60 bits per heavy atom. The molecule has 7 aromatic carbocycles. The molecule has 0 aliphatic heterocycles. The van der Waals surface area contributed by atoms with Crippen molar-refractivity contribution in [2.75, 3.05) is 4.90 Å². The van der Waals surface area contributed by atoms with Crippen LogP contribution in [-0.2, 0) is 5.41 Å². The van der Waals surface area contributed by atoms with Crippen LogP contribution in [0.1, 0.15) is 37.5 Å². The summed E-state index contributed by atoms with van der Waals surface area (Å²) in [5.74, 6) is 0. The Labute approximate surface area is 266 Å². The summed E-state index contributed by atoms with van der Waals surface area (Å²) >= 11 is 0. The van der Waals surface area contributed by atoms with Gasteiger partial charge in [0.2, 0.25) is 0 Å². The first-order valence-corrected chi connectivity index (χ1v) is 15.9. The van der Waals surface area contributed by atoms with Gasteiger partial charge >= 0.3 is 0 Å². The van der Waals surface area contributed by atoms with Crippen LogP contribution < -0.4 is 4.90 Å².